The summed E-state index contributed by atoms with van der Waals surface area (Å²) in [6.07, 6.45) is 4.92. The van der Waals surface area contributed by atoms with Crippen molar-refractivity contribution in [2.75, 3.05) is 13.2 Å². The van der Waals surface area contributed by atoms with E-state index < -0.39 is 0 Å². The molecule has 0 aliphatic heterocycles. The van der Waals surface area contributed by atoms with Crippen molar-refractivity contribution in [1.82, 2.24) is 15.5 Å². The second-order valence-electron chi connectivity index (χ2n) is 5.49. The van der Waals surface area contributed by atoms with Crippen molar-refractivity contribution in [1.29, 1.82) is 0 Å². The second-order valence-corrected chi connectivity index (χ2v) is 5.49. The number of hydrogen-bond donors (Lipinski definition) is 2. The number of nitrogens with zero attached hydrogens (tertiary/aromatic N) is 1. The summed E-state index contributed by atoms with van der Waals surface area (Å²) in [7, 11) is 0. The fraction of sp³-hybridized carbons (Fsp3) is 0.500. The molecule has 0 atom stereocenters. The smallest absolute Gasteiger partial charge is 0.119 e. The van der Waals surface area contributed by atoms with Crippen LogP contribution in [-0.2, 0) is 6.54 Å². The Labute approximate surface area is 133 Å². The van der Waals surface area contributed by atoms with Crippen molar-refractivity contribution < 1.29 is 4.74 Å². The third-order valence-electron chi connectivity index (χ3n) is 3.61. The summed E-state index contributed by atoms with van der Waals surface area (Å²) < 4.78 is 5.76. The predicted octanol–water partition coefficient (Wildman–Crippen LogP) is 4.15. The highest BCUT2D eigenvalue weighted by Crippen LogP contribution is 2.21. The number of rotatable bonds is 10. The van der Waals surface area contributed by atoms with Crippen molar-refractivity contribution in [2.45, 2.75) is 46.1 Å². The predicted molar refractivity (Wildman–Crippen MR) is 91.0 cm³/mol. The Morgan fingerprint density at radius 2 is 1.91 bits per heavy atom. The number of aromatic amines is 1. The van der Waals surface area contributed by atoms with E-state index >= 15 is 0 Å². The number of benzene rings is 1. The maximum absolute atomic E-state index is 5.76. The van der Waals surface area contributed by atoms with Crippen LogP contribution in [-0.4, -0.2) is 23.3 Å². The van der Waals surface area contributed by atoms with Crippen LogP contribution in [0.2, 0.25) is 0 Å². The summed E-state index contributed by atoms with van der Waals surface area (Å²) >= 11 is 0. The van der Waals surface area contributed by atoms with Crippen LogP contribution in [0.1, 0.15) is 45.2 Å². The van der Waals surface area contributed by atoms with E-state index in [2.05, 4.69) is 47.6 Å². The molecule has 2 N–H and O–H groups in total. The minimum absolute atomic E-state index is 0.800. The normalized spacial score (nSPS) is 10.8. The zero-order valence-corrected chi connectivity index (χ0v) is 13.7. The molecule has 22 heavy (non-hydrogen) atoms. The molecule has 0 saturated carbocycles. The largest absolute Gasteiger partial charge is 0.494 e. The second kappa shape index (κ2) is 9.26. The van der Waals surface area contributed by atoms with Gasteiger partial charge in [0.2, 0.25) is 0 Å². The maximum atomic E-state index is 5.76. The lowest BCUT2D eigenvalue weighted by atomic mass is 10.1. The standard InChI is InChI=1S/C18H27N3O/c1-3-5-6-7-12-22-17-10-8-15(9-11-17)18-13-16(20-21-18)14-19-4-2/h8-11,13,19H,3-7,12,14H2,1-2H3,(H,20,21). The van der Waals surface area contributed by atoms with Crippen LogP contribution in [0, 0.1) is 0 Å². The molecule has 2 aromatic rings. The molecule has 4 nitrogen and oxygen atoms in total. The zero-order chi connectivity index (χ0) is 15.6. The molecule has 0 aliphatic carbocycles. The Balaban J connectivity index is 1.84. The van der Waals surface area contributed by atoms with E-state index in [9.17, 15) is 0 Å². The summed E-state index contributed by atoms with van der Waals surface area (Å²) in [6, 6.07) is 10.3. The lowest BCUT2D eigenvalue weighted by Gasteiger charge is -2.06. The number of ether oxygens (including phenoxy) is 1. The Morgan fingerprint density at radius 1 is 1.09 bits per heavy atom. The average molecular weight is 301 g/mol. The molecule has 0 aliphatic rings. The molecular weight excluding hydrogens is 274 g/mol. The first-order valence-electron chi connectivity index (χ1n) is 8.31. The number of aromatic nitrogens is 2. The number of H-pyrrole nitrogens is 1. The van der Waals surface area contributed by atoms with Gasteiger partial charge in [-0.15, -0.1) is 0 Å². The van der Waals surface area contributed by atoms with Crippen LogP contribution in [0.15, 0.2) is 30.3 Å². The summed E-state index contributed by atoms with van der Waals surface area (Å²) in [5, 5.41) is 10.7. The summed E-state index contributed by atoms with van der Waals surface area (Å²) in [5.41, 5.74) is 3.19. The van der Waals surface area contributed by atoms with E-state index in [0.717, 1.165) is 48.8 Å². The van der Waals surface area contributed by atoms with Crippen LogP contribution in [0.3, 0.4) is 0 Å². The molecule has 1 aromatic carbocycles. The van der Waals surface area contributed by atoms with E-state index in [1.165, 1.54) is 19.3 Å². The molecule has 0 saturated heterocycles. The van der Waals surface area contributed by atoms with Crippen molar-refractivity contribution in [2.24, 2.45) is 0 Å². The van der Waals surface area contributed by atoms with Gasteiger partial charge in [-0.05, 0) is 43.3 Å². The van der Waals surface area contributed by atoms with Crippen molar-refractivity contribution in [3.8, 4) is 17.0 Å². The quantitative estimate of drug-likeness (QED) is 0.648. The van der Waals surface area contributed by atoms with Crippen molar-refractivity contribution in [3.05, 3.63) is 36.0 Å². The number of hydrogen-bond acceptors (Lipinski definition) is 3. The summed E-state index contributed by atoms with van der Waals surface area (Å²) in [4.78, 5) is 0. The van der Waals surface area contributed by atoms with Gasteiger partial charge < -0.3 is 10.1 Å². The minimum Gasteiger partial charge on any atom is -0.494 e. The summed E-state index contributed by atoms with van der Waals surface area (Å²) in [6.45, 7) is 6.90. The molecule has 2 rings (SSSR count). The molecule has 1 heterocycles. The molecule has 0 amide bonds. The van der Waals surface area contributed by atoms with Crippen molar-refractivity contribution >= 4 is 0 Å². The Kier molecular flexibility index (Phi) is 6.97. The van der Waals surface area contributed by atoms with Gasteiger partial charge >= 0.3 is 0 Å². The van der Waals surface area contributed by atoms with E-state index in [1.54, 1.807) is 0 Å². The van der Waals surface area contributed by atoms with Gasteiger partial charge in [0.1, 0.15) is 5.75 Å². The molecule has 0 fully saturated rings. The Morgan fingerprint density at radius 3 is 2.64 bits per heavy atom. The minimum atomic E-state index is 0.800. The van der Waals surface area contributed by atoms with E-state index in [4.69, 9.17) is 4.74 Å². The lowest BCUT2D eigenvalue weighted by molar-refractivity contribution is 0.305. The third kappa shape index (κ3) is 5.19. The molecule has 1 aromatic heterocycles. The maximum Gasteiger partial charge on any atom is 0.119 e. The molecular formula is C18H27N3O. The topological polar surface area (TPSA) is 49.9 Å². The fourth-order valence-corrected chi connectivity index (χ4v) is 2.30. The Hall–Kier alpha value is -1.81. The monoisotopic (exact) mass is 301 g/mol. The third-order valence-corrected chi connectivity index (χ3v) is 3.61. The highest BCUT2D eigenvalue weighted by Gasteiger charge is 2.04. The van der Waals surface area contributed by atoms with Crippen molar-refractivity contribution in [3.63, 3.8) is 0 Å². The van der Waals surface area contributed by atoms with E-state index in [-0.39, 0.29) is 0 Å². The number of unbranched alkanes of at least 4 members (excludes halogenated alkanes) is 3. The highest BCUT2D eigenvalue weighted by atomic mass is 16.5. The number of nitrogens with one attached hydrogen (secondary N) is 2. The van der Waals surface area contributed by atoms with E-state index in [1.807, 2.05) is 12.1 Å². The molecule has 4 heteroatoms. The lowest BCUT2D eigenvalue weighted by Crippen LogP contribution is -2.11. The van der Waals surface area contributed by atoms with Crippen LogP contribution < -0.4 is 10.1 Å². The molecule has 0 unspecified atom stereocenters. The molecule has 0 spiro atoms. The summed E-state index contributed by atoms with van der Waals surface area (Å²) in [5.74, 6) is 0.934. The average Bonchev–Trinajstić information content (AvgIpc) is 3.02. The first-order valence-corrected chi connectivity index (χ1v) is 8.31. The molecule has 0 radical (unpaired) electrons. The first-order chi connectivity index (χ1) is 10.8. The highest BCUT2D eigenvalue weighted by molar-refractivity contribution is 5.60. The molecule has 0 bridgehead atoms. The molecule has 120 valence electrons. The van der Waals surface area contributed by atoms with Gasteiger partial charge in [-0.2, -0.15) is 5.10 Å². The van der Waals surface area contributed by atoms with Gasteiger partial charge in [-0.3, -0.25) is 5.10 Å². The van der Waals surface area contributed by atoms with Gasteiger partial charge in [0.05, 0.1) is 12.3 Å². The van der Waals surface area contributed by atoms with Gasteiger partial charge in [0, 0.05) is 17.8 Å². The van der Waals surface area contributed by atoms with Crippen LogP contribution >= 0.6 is 0 Å². The van der Waals surface area contributed by atoms with Gasteiger partial charge in [0.25, 0.3) is 0 Å². The van der Waals surface area contributed by atoms with Gasteiger partial charge in [-0.1, -0.05) is 33.1 Å². The zero-order valence-electron chi connectivity index (χ0n) is 13.7. The first kappa shape index (κ1) is 16.6. The van der Waals surface area contributed by atoms with Crippen LogP contribution in [0.5, 0.6) is 5.75 Å². The fourth-order valence-electron chi connectivity index (χ4n) is 2.30. The Bertz CT molecular complexity index is 534. The van der Waals surface area contributed by atoms with E-state index in [0.29, 0.717) is 0 Å². The SMILES string of the molecule is CCCCCCOc1ccc(-c2cc(CNCC)[nH]n2)cc1. The van der Waals surface area contributed by atoms with Gasteiger partial charge in [0.15, 0.2) is 0 Å². The van der Waals surface area contributed by atoms with Crippen LogP contribution in [0.25, 0.3) is 11.3 Å². The van der Waals surface area contributed by atoms with Gasteiger partial charge in [-0.25, -0.2) is 0 Å². The van der Waals surface area contributed by atoms with Crippen LogP contribution in [0.4, 0.5) is 0 Å².